The first-order valence-corrected chi connectivity index (χ1v) is 7.50. The van der Waals surface area contributed by atoms with E-state index >= 15 is 0 Å². The van der Waals surface area contributed by atoms with Crippen molar-refractivity contribution in [2.24, 2.45) is 17.3 Å². The van der Waals surface area contributed by atoms with Crippen molar-refractivity contribution in [1.29, 1.82) is 0 Å². The van der Waals surface area contributed by atoms with E-state index in [1.54, 1.807) is 0 Å². The summed E-state index contributed by atoms with van der Waals surface area (Å²) in [5.74, 6) is 0.956. The average molecular weight is 251 g/mol. The normalized spacial score (nSPS) is 35.8. The minimum atomic E-state index is 0.140. The smallest absolute Gasteiger partial charge is 0.226 e. The molecule has 3 nitrogen and oxygen atoms in total. The van der Waals surface area contributed by atoms with E-state index in [2.05, 4.69) is 18.7 Å². The molecule has 2 unspecified atom stereocenters. The van der Waals surface area contributed by atoms with Gasteiger partial charge in [-0.2, -0.15) is 0 Å². The third-order valence-electron chi connectivity index (χ3n) is 5.30. The molecule has 0 aromatic carbocycles. The van der Waals surface area contributed by atoms with E-state index in [4.69, 9.17) is 4.74 Å². The molecule has 1 spiro atoms. The first-order chi connectivity index (χ1) is 8.61. The van der Waals surface area contributed by atoms with Gasteiger partial charge in [0.25, 0.3) is 0 Å². The number of rotatable bonds is 2. The number of nitrogens with zero attached hydrogens (tertiary/aromatic N) is 1. The Morgan fingerprint density at radius 3 is 2.78 bits per heavy atom. The van der Waals surface area contributed by atoms with E-state index < -0.39 is 0 Å². The lowest BCUT2D eigenvalue weighted by atomic mass is 9.88. The number of amides is 1. The zero-order valence-electron chi connectivity index (χ0n) is 11.7. The highest BCUT2D eigenvalue weighted by Gasteiger charge is 2.52. The topological polar surface area (TPSA) is 29.5 Å². The third-order valence-corrected chi connectivity index (χ3v) is 5.30. The molecule has 3 heteroatoms. The minimum Gasteiger partial charge on any atom is -0.381 e. The van der Waals surface area contributed by atoms with Gasteiger partial charge in [-0.3, -0.25) is 4.79 Å². The summed E-state index contributed by atoms with van der Waals surface area (Å²) in [5.41, 5.74) is 0.526. The first kappa shape index (κ1) is 12.5. The second kappa shape index (κ2) is 4.52. The molecule has 3 rings (SSSR count). The van der Waals surface area contributed by atoms with Crippen LogP contribution in [0.1, 0.15) is 46.0 Å². The lowest BCUT2D eigenvalue weighted by Crippen LogP contribution is -2.41. The first-order valence-electron chi connectivity index (χ1n) is 7.50. The van der Waals surface area contributed by atoms with Gasteiger partial charge >= 0.3 is 0 Å². The summed E-state index contributed by atoms with van der Waals surface area (Å²) in [5, 5.41) is 0. The zero-order valence-corrected chi connectivity index (χ0v) is 11.7. The SMILES string of the molecule is CC(C(=O)N1CC2(CC2)C[C@H]1C)C1CCCOC1. The molecule has 1 saturated carbocycles. The maximum Gasteiger partial charge on any atom is 0.226 e. The predicted molar refractivity (Wildman–Crippen MR) is 70.2 cm³/mol. The van der Waals surface area contributed by atoms with Crippen LogP contribution in [-0.4, -0.2) is 36.6 Å². The van der Waals surface area contributed by atoms with Crippen molar-refractivity contribution in [2.45, 2.75) is 52.0 Å². The molecular formula is C15H25NO2. The minimum absolute atomic E-state index is 0.140. The summed E-state index contributed by atoms with van der Waals surface area (Å²) >= 11 is 0. The van der Waals surface area contributed by atoms with Crippen LogP contribution >= 0.6 is 0 Å². The van der Waals surface area contributed by atoms with Gasteiger partial charge in [-0.15, -0.1) is 0 Å². The molecule has 1 amide bonds. The third kappa shape index (κ3) is 2.18. The fraction of sp³-hybridized carbons (Fsp3) is 0.933. The van der Waals surface area contributed by atoms with E-state index in [-0.39, 0.29) is 5.92 Å². The monoisotopic (exact) mass is 251 g/mol. The van der Waals surface area contributed by atoms with E-state index in [9.17, 15) is 4.79 Å². The molecule has 2 saturated heterocycles. The summed E-state index contributed by atoms with van der Waals surface area (Å²) in [4.78, 5) is 14.8. The molecule has 0 aromatic rings. The van der Waals surface area contributed by atoms with Crippen LogP contribution in [0.2, 0.25) is 0 Å². The highest BCUT2D eigenvalue weighted by Crippen LogP contribution is 2.55. The summed E-state index contributed by atoms with van der Waals surface area (Å²) in [6.07, 6.45) is 6.17. The van der Waals surface area contributed by atoms with Crippen LogP contribution in [0.25, 0.3) is 0 Å². The van der Waals surface area contributed by atoms with Crippen LogP contribution in [0.15, 0.2) is 0 Å². The standard InChI is InChI=1S/C15H25NO2/c1-11-8-15(5-6-15)10-16(11)14(17)12(2)13-4-3-7-18-9-13/h11-13H,3-10H2,1-2H3/t11-,12?,13?/m1/s1. The van der Waals surface area contributed by atoms with Gasteiger partial charge in [0.15, 0.2) is 0 Å². The van der Waals surface area contributed by atoms with Crippen molar-refractivity contribution in [2.75, 3.05) is 19.8 Å². The van der Waals surface area contributed by atoms with Crippen LogP contribution < -0.4 is 0 Å². The van der Waals surface area contributed by atoms with E-state index in [1.165, 1.54) is 19.3 Å². The Labute approximate surface area is 110 Å². The van der Waals surface area contributed by atoms with Crippen molar-refractivity contribution in [1.82, 2.24) is 4.90 Å². The van der Waals surface area contributed by atoms with Crippen molar-refractivity contribution >= 4 is 5.91 Å². The molecule has 3 aliphatic rings. The molecule has 0 aromatic heterocycles. The van der Waals surface area contributed by atoms with Gasteiger partial charge in [0, 0.05) is 25.1 Å². The number of hydrogen-bond acceptors (Lipinski definition) is 2. The summed E-state index contributed by atoms with van der Waals surface area (Å²) in [7, 11) is 0. The van der Waals surface area contributed by atoms with Gasteiger partial charge in [0.1, 0.15) is 0 Å². The lowest BCUT2D eigenvalue weighted by Gasteiger charge is -2.31. The fourth-order valence-electron chi connectivity index (χ4n) is 3.78. The average Bonchev–Trinajstić information content (AvgIpc) is 3.06. The van der Waals surface area contributed by atoms with Crippen molar-refractivity contribution in [3.63, 3.8) is 0 Å². The molecule has 3 atom stereocenters. The van der Waals surface area contributed by atoms with Gasteiger partial charge < -0.3 is 9.64 Å². The zero-order chi connectivity index (χ0) is 12.8. The molecule has 1 aliphatic carbocycles. The molecule has 2 aliphatic heterocycles. The molecule has 0 N–H and O–H groups in total. The number of likely N-dealkylation sites (tertiary alicyclic amines) is 1. The predicted octanol–water partition coefficient (Wildman–Crippen LogP) is 2.45. The Bertz CT molecular complexity index is 331. The maximum atomic E-state index is 12.6. The summed E-state index contributed by atoms with van der Waals surface area (Å²) in [6, 6.07) is 0.451. The second-order valence-corrected chi connectivity index (χ2v) is 6.79. The lowest BCUT2D eigenvalue weighted by molar-refractivity contribution is -0.139. The van der Waals surface area contributed by atoms with Gasteiger partial charge in [0.05, 0.1) is 6.61 Å². The molecule has 3 fully saturated rings. The Hall–Kier alpha value is -0.570. The number of carbonyl (C=O) groups excluding carboxylic acids is 1. The molecular weight excluding hydrogens is 226 g/mol. The Morgan fingerprint density at radius 1 is 1.44 bits per heavy atom. The number of hydrogen-bond donors (Lipinski definition) is 0. The second-order valence-electron chi connectivity index (χ2n) is 6.79. The van der Waals surface area contributed by atoms with E-state index in [0.717, 1.165) is 32.6 Å². The van der Waals surface area contributed by atoms with Crippen molar-refractivity contribution in [3.8, 4) is 0 Å². The van der Waals surface area contributed by atoms with Crippen LogP contribution in [0.4, 0.5) is 0 Å². The number of ether oxygens (including phenoxy) is 1. The van der Waals surface area contributed by atoms with Crippen LogP contribution in [0, 0.1) is 17.3 Å². The van der Waals surface area contributed by atoms with Gasteiger partial charge in [-0.05, 0) is 50.4 Å². The van der Waals surface area contributed by atoms with Crippen LogP contribution in [0.5, 0.6) is 0 Å². The molecule has 18 heavy (non-hydrogen) atoms. The highest BCUT2D eigenvalue weighted by atomic mass is 16.5. The Kier molecular flexibility index (Phi) is 3.13. The van der Waals surface area contributed by atoms with Crippen molar-refractivity contribution < 1.29 is 9.53 Å². The largest absolute Gasteiger partial charge is 0.381 e. The van der Waals surface area contributed by atoms with Crippen LogP contribution in [-0.2, 0) is 9.53 Å². The molecule has 102 valence electrons. The Balaban J connectivity index is 1.62. The molecule has 0 bridgehead atoms. The molecule has 2 heterocycles. The summed E-state index contributed by atoms with van der Waals surface area (Å²) < 4.78 is 5.53. The Morgan fingerprint density at radius 2 is 2.22 bits per heavy atom. The highest BCUT2D eigenvalue weighted by molar-refractivity contribution is 5.79. The van der Waals surface area contributed by atoms with Gasteiger partial charge in [-0.25, -0.2) is 0 Å². The quantitative estimate of drug-likeness (QED) is 0.754. The van der Waals surface area contributed by atoms with Gasteiger partial charge in [-0.1, -0.05) is 6.92 Å². The summed E-state index contributed by atoms with van der Waals surface area (Å²) in [6.45, 7) is 6.99. The fourth-order valence-corrected chi connectivity index (χ4v) is 3.78. The van der Waals surface area contributed by atoms with Crippen molar-refractivity contribution in [3.05, 3.63) is 0 Å². The number of carbonyl (C=O) groups is 1. The van der Waals surface area contributed by atoms with Gasteiger partial charge in [0.2, 0.25) is 5.91 Å². The van der Waals surface area contributed by atoms with E-state index in [1.807, 2.05) is 0 Å². The van der Waals surface area contributed by atoms with Crippen LogP contribution in [0.3, 0.4) is 0 Å². The molecule has 0 radical (unpaired) electrons. The maximum absolute atomic E-state index is 12.6. The van der Waals surface area contributed by atoms with E-state index in [0.29, 0.717) is 23.3 Å².